The van der Waals surface area contributed by atoms with Gasteiger partial charge in [-0.3, -0.25) is 9.69 Å². The molecular weight excluding hydrogens is 469 g/mol. The van der Waals surface area contributed by atoms with Crippen LogP contribution in [0.2, 0.25) is 0 Å². The van der Waals surface area contributed by atoms with E-state index in [0.29, 0.717) is 12.0 Å². The highest BCUT2D eigenvalue weighted by Gasteiger charge is 2.28. The molecule has 7 nitrogen and oxygen atoms in total. The number of likely N-dealkylation sites (N-methyl/N-ethyl adjacent to an activating group) is 1. The van der Waals surface area contributed by atoms with Gasteiger partial charge in [0.15, 0.2) is 5.96 Å². The summed E-state index contributed by atoms with van der Waals surface area (Å²) in [6, 6.07) is 0.505. The van der Waals surface area contributed by atoms with Crippen molar-refractivity contribution in [3.63, 3.8) is 0 Å². The van der Waals surface area contributed by atoms with E-state index in [1.165, 1.54) is 38.5 Å². The van der Waals surface area contributed by atoms with Crippen LogP contribution in [0.4, 0.5) is 0 Å². The maximum absolute atomic E-state index is 12.0. The first kappa shape index (κ1) is 23.7. The monoisotopic (exact) mass is 507 g/mol. The van der Waals surface area contributed by atoms with Crippen LogP contribution in [0.5, 0.6) is 0 Å². The number of hydrogen-bond acceptors (Lipinski definition) is 4. The summed E-state index contributed by atoms with van der Waals surface area (Å²) in [6.07, 6.45) is 7.55. The van der Waals surface area contributed by atoms with E-state index in [1.54, 1.807) is 19.0 Å². The molecule has 0 aromatic carbocycles. The number of nitrogens with one attached hydrogen (secondary N) is 1. The van der Waals surface area contributed by atoms with Gasteiger partial charge in [-0.05, 0) is 25.2 Å². The van der Waals surface area contributed by atoms with Crippen LogP contribution >= 0.6 is 24.0 Å². The molecule has 0 spiro atoms. The SMILES string of the molecule is CN(C)C(=O)CN=C(NC1CCCCC1)N1CCC(CN2CCOCC2)C1.I. The standard InChI is InChI=1S/C20H37N5O2.HI/c1-23(2)19(26)14-21-20(22-18-6-4-3-5-7-18)25-9-8-17(16-25)15-24-10-12-27-13-11-24;/h17-18H,3-16H2,1-2H3,(H,21,22);1H. The molecule has 2 heterocycles. The normalized spacial score (nSPS) is 24.7. The van der Waals surface area contributed by atoms with Gasteiger partial charge in [0.1, 0.15) is 6.54 Å². The first-order valence-electron chi connectivity index (χ1n) is 10.7. The van der Waals surface area contributed by atoms with Crippen molar-refractivity contribution in [3.05, 3.63) is 0 Å². The summed E-state index contributed by atoms with van der Waals surface area (Å²) >= 11 is 0. The number of ether oxygens (including phenoxy) is 1. The lowest BCUT2D eigenvalue weighted by molar-refractivity contribution is -0.127. The largest absolute Gasteiger partial charge is 0.379 e. The number of guanidine groups is 1. The minimum absolute atomic E-state index is 0. The molecular formula is C20H38IN5O2. The Bertz CT molecular complexity index is 505. The van der Waals surface area contributed by atoms with Crippen LogP contribution in [0.3, 0.4) is 0 Å². The number of carbonyl (C=O) groups is 1. The molecule has 0 radical (unpaired) electrons. The molecule has 3 rings (SSSR count). The molecule has 1 unspecified atom stereocenters. The fraction of sp³-hybridized carbons (Fsp3) is 0.900. The number of amides is 1. The molecule has 162 valence electrons. The van der Waals surface area contributed by atoms with Crippen LogP contribution in [-0.4, -0.2) is 99.2 Å². The molecule has 3 fully saturated rings. The minimum atomic E-state index is 0. The predicted octanol–water partition coefficient (Wildman–Crippen LogP) is 1.62. The number of carbonyl (C=O) groups excluding carboxylic acids is 1. The number of hydrogen-bond donors (Lipinski definition) is 1. The molecule has 2 saturated heterocycles. The van der Waals surface area contributed by atoms with Crippen molar-refractivity contribution in [3.8, 4) is 0 Å². The molecule has 3 aliphatic rings. The van der Waals surface area contributed by atoms with E-state index >= 15 is 0 Å². The Kier molecular flexibility index (Phi) is 10.3. The van der Waals surface area contributed by atoms with Crippen molar-refractivity contribution < 1.29 is 9.53 Å². The fourth-order valence-corrected chi connectivity index (χ4v) is 4.27. The number of halogens is 1. The van der Waals surface area contributed by atoms with Gasteiger partial charge < -0.3 is 19.9 Å². The second-order valence-electron chi connectivity index (χ2n) is 8.42. The third-order valence-electron chi connectivity index (χ3n) is 6.01. The van der Waals surface area contributed by atoms with Crippen LogP contribution < -0.4 is 5.32 Å². The lowest BCUT2D eigenvalue weighted by atomic mass is 9.96. The van der Waals surface area contributed by atoms with Gasteiger partial charge in [-0.2, -0.15) is 0 Å². The fourth-order valence-electron chi connectivity index (χ4n) is 4.27. The molecule has 0 bridgehead atoms. The van der Waals surface area contributed by atoms with Gasteiger partial charge in [-0.1, -0.05) is 19.3 Å². The summed E-state index contributed by atoms with van der Waals surface area (Å²) < 4.78 is 5.46. The highest BCUT2D eigenvalue weighted by molar-refractivity contribution is 14.0. The quantitative estimate of drug-likeness (QED) is 0.348. The molecule has 0 aromatic rings. The molecule has 1 saturated carbocycles. The molecule has 28 heavy (non-hydrogen) atoms. The highest BCUT2D eigenvalue weighted by Crippen LogP contribution is 2.21. The van der Waals surface area contributed by atoms with Gasteiger partial charge in [-0.25, -0.2) is 4.99 Å². The van der Waals surface area contributed by atoms with Crippen molar-refractivity contribution in [1.29, 1.82) is 0 Å². The van der Waals surface area contributed by atoms with E-state index in [9.17, 15) is 4.79 Å². The Morgan fingerprint density at radius 3 is 2.50 bits per heavy atom. The molecule has 0 aromatic heterocycles. The Morgan fingerprint density at radius 1 is 1.11 bits per heavy atom. The zero-order chi connectivity index (χ0) is 19.1. The van der Waals surface area contributed by atoms with Gasteiger partial charge in [0.05, 0.1) is 13.2 Å². The number of morpholine rings is 1. The Balaban J connectivity index is 0.00000280. The Labute approximate surface area is 187 Å². The zero-order valence-electron chi connectivity index (χ0n) is 17.6. The zero-order valence-corrected chi connectivity index (χ0v) is 19.9. The number of rotatable bonds is 5. The van der Waals surface area contributed by atoms with Gasteiger partial charge in [-0.15, -0.1) is 24.0 Å². The van der Waals surface area contributed by atoms with Crippen LogP contribution in [0.1, 0.15) is 38.5 Å². The van der Waals surface area contributed by atoms with E-state index in [2.05, 4.69) is 15.1 Å². The molecule has 1 atom stereocenters. The average molecular weight is 507 g/mol. The minimum Gasteiger partial charge on any atom is -0.379 e. The Morgan fingerprint density at radius 2 is 1.82 bits per heavy atom. The maximum atomic E-state index is 12.0. The highest BCUT2D eigenvalue weighted by atomic mass is 127. The van der Waals surface area contributed by atoms with E-state index < -0.39 is 0 Å². The van der Waals surface area contributed by atoms with E-state index in [0.717, 1.165) is 51.9 Å². The van der Waals surface area contributed by atoms with Crippen molar-refractivity contribution in [2.24, 2.45) is 10.9 Å². The van der Waals surface area contributed by atoms with E-state index in [-0.39, 0.29) is 36.4 Å². The first-order valence-corrected chi connectivity index (χ1v) is 10.7. The van der Waals surface area contributed by atoms with E-state index in [4.69, 9.17) is 9.73 Å². The van der Waals surface area contributed by atoms with E-state index in [1.807, 2.05) is 0 Å². The predicted molar refractivity (Wildman–Crippen MR) is 123 cm³/mol. The number of aliphatic imine (C=N–C) groups is 1. The summed E-state index contributed by atoms with van der Waals surface area (Å²) in [4.78, 5) is 23.3. The van der Waals surface area contributed by atoms with Crippen molar-refractivity contribution in [1.82, 2.24) is 20.0 Å². The second-order valence-corrected chi connectivity index (χ2v) is 8.42. The second kappa shape index (κ2) is 12.2. The Hall–Kier alpha value is -0.610. The number of nitrogens with zero attached hydrogens (tertiary/aromatic N) is 4. The summed E-state index contributed by atoms with van der Waals surface area (Å²) in [5.74, 6) is 1.68. The van der Waals surface area contributed by atoms with Crippen LogP contribution in [0.25, 0.3) is 0 Å². The number of likely N-dealkylation sites (tertiary alicyclic amines) is 1. The molecule has 1 aliphatic carbocycles. The lowest BCUT2D eigenvalue weighted by Gasteiger charge is -2.31. The van der Waals surface area contributed by atoms with Crippen LogP contribution in [0.15, 0.2) is 4.99 Å². The van der Waals surface area contributed by atoms with Gasteiger partial charge in [0.2, 0.25) is 5.91 Å². The van der Waals surface area contributed by atoms with Crippen molar-refractivity contribution in [2.45, 2.75) is 44.6 Å². The average Bonchev–Trinajstić information content (AvgIpc) is 3.14. The summed E-state index contributed by atoms with van der Waals surface area (Å²) in [7, 11) is 3.58. The van der Waals surface area contributed by atoms with Crippen LogP contribution in [-0.2, 0) is 9.53 Å². The summed E-state index contributed by atoms with van der Waals surface area (Å²) in [6.45, 7) is 7.26. The first-order chi connectivity index (χ1) is 13.1. The van der Waals surface area contributed by atoms with Gasteiger partial charge in [0.25, 0.3) is 0 Å². The van der Waals surface area contributed by atoms with Crippen LogP contribution in [0, 0.1) is 5.92 Å². The molecule has 1 N–H and O–H groups in total. The third-order valence-corrected chi connectivity index (χ3v) is 6.01. The van der Waals surface area contributed by atoms with Crippen molar-refractivity contribution in [2.75, 3.05) is 66.6 Å². The van der Waals surface area contributed by atoms with Crippen molar-refractivity contribution >= 4 is 35.8 Å². The topological polar surface area (TPSA) is 60.4 Å². The van der Waals surface area contributed by atoms with Gasteiger partial charge in [0, 0.05) is 52.9 Å². The molecule has 1 amide bonds. The van der Waals surface area contributed by atoms with Gasteiger partial charge >= 0.3 is 0 Å². The smallest absolute Gasteiger partial charge is 0.243 e. The lowest BCUT2D eigenvalue weighted by Crippen LogP contribution is -2.47. The maximum Gasteiger partial charge on any atom is 0.243 e. The summed E-state index contributed by atoms with van der Waals surface area (Å²) in [5, 5.41) is 3.69. The summed E-state index contributed by atoms with van der Waals surface area (Å²) in [5.41, 5.74) is 0. The third kappa shape index (κ3) is 7.33. The molecule has 2 aliphatic heterocycles. The molecule has 8 heteroatoms.